The molecule has 0 saturated carbocycles. The molecule has 0 fully saturated rings. The second-order valence-corrected chi connectivity index (χ2v) is 4.53. The third-order valence-electron chi connectivity index (χ3n) is 2.43. The summed E-state index contributed by atoms with van der Waals surface area (Å²) in [5.41, 5.74) is 6.95. The van der Waals surface area contributed by atoms with Crippen molar-refractivity contribution in [1.82, 2.24) is 0 Å². The standard InChI is InChI=1S/C13H20N2O2/c1-10(2)7-15(8-13(14)17)12-6-4-3-5-11(12)9-16/h3-6,10,16H,7-9H2,1-2H3,(H2,14,17). The Morgan fingerprint density at radius 1 is 1.41 bits per heavy atom. The molecule has 1 aromatic carbocycles. The molecule has 4 nitrogen and oxygen atoms in total. The maximum absolute atomic E-state index is 11.1. The Kier molecular flexibility index (Phi) is 4.97. The molecule has 0 unspecified atom stereocenters. The van der Waals surface area contributed by atoms with Crippen molar-refractivity contribution in [1.29, 1.82) is 0 Å². The Morgan fingerprint density at radius 2 is 2.06 bits per heavy atom. The molecule has 17 heavy (non-hydrogen) atoms. The number of carbonyl (C=O) groups excluding carboxylic acids is 1. The van der Waals surface area contributed by atoms with Crippen LogP contribution in [-0.4, -0.2) is 24.1 Å². The van der Waals surface area contributed by atoms with Gasteiger partial charge >= 0.3 is 0 Å². The maximum atomic E-state index is 11.1. The average Bonchev–Trinajstić information content (AvgIpc) is 2.27. The third-order valence-corrected chi connectivity index (χ3v) is 2.43. The first-order chi connectivity index (χ1) is 8.04. The number of primary amides is 1. The van der Waals surface area contributed by atoms with Crippen LogP contribution in [0.2, 0.25) is 0 Å². The van der Waals surface area contributed by atoms with Crippen molar-refractivity contribution in [2.24, 2.45) is 11.7 Å². The van der Waals surface area contributed by atoms with E-state index in [2.05, 4.69) is 13.8 Å². The lowest BCUT2D eigenvalue weighted by atomic mass is 10.1. The van der Waals surface area contributed by atoms with E-state index in [1.807, 2.05) is 29.2 Å². The van der Waals surface area contributed by atoms with Crippen LogP contribution in [0, 0.1) is 5.92 Å². The average molecular weight is 236 g/mol. The van der Waals surface area contributed by atoms with Crippen LogP contribution in [-0.2, 0) is 11.4 Å². The predicted octanol–water partition coefficient (Wildman–Crippen LogP) is 1.13. The molecule has 1 amide bonds. The second kappa shape index (κ2) is 6.25. The number of amides is 1. The van der Waals surface area contributed by atoms with Gasteiger partial charge in [-0.25, -0.2) is 0 Å². The molecule has 0 spiro atoms. The molecule has 94 valence electrons. The van der Waals surface area contributed by atoms with Crippen molar-refractivity contribution < 1.29 is 9.90 Å². The number of para-hydroxylation sites is 1. The molecule has 3 N–H and O–H groups in total. The molecular formula is C13H20N2O2. The fourth-order valence-corrected chi connectivity index (χ4v) is 1.83. The number of aliphatic hydroxyl groups excluding tert-OH is 1. The van der Waals surface area contributed by atoms with E-state index in [4.69, 9.17) is 5.73 Å². The van der Waals surface area contributed by atoms with Gasteiger partial charge in [-0.2, -0.15) is 0 Å². The molecule has 0 saturated heterocycles. The normalized spacial score (nSPS) is 10.6. The number of hydrogen-bond donors (Lipinski definition) is 2. The zero-order chi connectivity index (χ0) is 12.8. The number of aliphatic hydroxyl groups is 1. The van der Waals surface area contributed by atoms with E-state index in [1.165, 1.54) is 0 Å². The van der Waals surface area contributed by atoms with Crippen LogP contribution in [0.4, 0.5) is 5.69 Å². The summed E-state index contributed by atoms with van der Waals surface area (Å²) >= 11 is 0. The smallest absolute Gasteiger partial charge is 0.236 e. The summed E-state index contributed by atoms with van der Waals surface area (Å²) in [6, 6.07) is 7.51. The number of carbonyl (C=O) groups is 1. The Bertz CT molecular complexity index is 377. The lowest BCUT2D eigenvalue weighted by Gasteiger charge is -2.27. The zero-order valence-electron chi connectivity index (χ0n) is 10.4. The van der Waals surface area contributed by atoms with Gasteiger partial charge in [0.05, 0.1) is 13.2 Å². The molecule has 0 atom stereocenters. The topological polar surface area (TPSA) is 66.6 Å². The van der Waals surface area contributed by atoms with E-state index in [9.17, 15) is 9.90 Å². The van der Waals surface area contributed by atoms with Crippen LogP contribution in [0.25, 0.3) is 0 Å². The van der Waals surface area contributed by atoms with Crippen molar-refractivity contribution in [3.8, 4) is 0 Å². The molecule has 0 heterocycles. The molecule has 0 radical (unpaired) electrons. The minimum atomic E-state index is -0.363. The van der Waals surface area contributed by atoms with Crippen molar-refractivity contribution in [3.63, 3.8) is 0 Å². The summed E-state index contributed by atoms with van der Waals surface area (Å²) < 4.78 is 0. The van der Waals surface area contributed by atoms with Crippen molar-refractivity contribution in [2.75, 3.05) is 18.0 Å². The largest absolute Gasteiger partial charge is 0.392 e. The molecule has 4 heteroatoms. The van der Waals surface area contributed by atoms with Gasteiger partial charge in [-0.15, -0.1) is 0 Å². The SMILES string of the molecule is CC(C)CN(CC(N)=O)c1ccccc1CO. The van der Waals surface area contributed by atoms with Gasteiger partial charge in [-0.3, -0.25) is 4.79 Å². The summed E-state index contributed by atoms with van der Waals surface area (Å²) in [5, 5.41) is 9.29. The quantitative estimate of drug-likeness (QED) is 0.778. The Hall–Kier alpha value is -1.55. The van der Waals surface area contributed by atoms with Crippen LogP contribution < -0.4 is 10.6 Å². The van der Waals surface area contributed by atoms with Gasteiger partial charge in [-0.05, 0) is 12.0 Å². The third kappa shape index (κ3) is 4.07. The number of benzene rings is 1. The molecule has 1 aromatic rings. The molecule has 0 aromatic heterocycles. The molecule has 1 rings (SSSR count). The second-order valence-electron chi connectivity index (χ2n) is 4.53. The molecule has 0 bridgehead atoms. The highest BCUT2D eigenvalue weighted by Crippen LogP contribution is 2.21. The maximum Gasteiger partial charge on any atom is 0.236 e. The minimum absolute atomic E-state index is 0.0382. The fraction of sp³-hybridized carbons (Fsp3) is 0.462. The molecular weight excluding hydrogens is 216 g/mol. The van der Waals surface area contributed by atoms with Gasteiger partial charge in [0.2, 0.25) is 5.91 Å². The number of hydrogen-bond acceptors (Lipinski definition) is 3. The monoisotopic (exact) mass is 236 g/mol. The highest BCUT2D eigenvalue weighted by atomic mass is 16.3. The fourth-order valence-electron chi connectivity index (χ4n) is 1.83. The Labute approximate surface area is 102 Å². The van der Waals surface area contributed by atoms with Crippen molar-refractivity contribution in [3.05, 3.63) is 29.8 Å². The summed E-state index contributed by atoms with van der Waals surface area (Å²) in [6.45, 7) is 5.03. The summed E-state index contributed by atoms with van der Waals surface area (Å²) in [6.07, 6.45) is 0. The van der Waals surface area contributed by atoms with E-state index >= 15 is 0 Å². The zero-order valence-corrected chi connectivity index (χ0v) is 10.4. The van der Waals surface area contributed by atoms with Gasteiger partial charge < -0.3 is 15.7 Å². The first kappa shape index (κ1) is 13.5. The van der Waals surface area contributed by atoms with Crippen LogP contribution in [0.3, 0.4) is 0 Å². The number of nitrogens with zero attached hydrogens (tertiary/aromatic N) is 1. The number of rotatable bonds is 6. The highest BCUT2D eigenvalue weighted by molar-refractivity contribution is 5.80. The highest BCUT2D eigenvalue weighted by Gasteiger charge is 2.13. The van der Waals surface area contributed by atoms with Gasteiger partial charge in [0.25, 0.3) is 0 Å². The van der Waals surface area contributed by atoms with Crippen LogP contribution in [0.1, 0.15) is 19.4 Å². The van der Waals surface area contributed by atoms with E-state index in [-0.39, 0.29) is 19.1 Å². The predicted molar refractivity (Wildman–Crippen MR) is 68.6 cm³/mol. The summed E-state index contributed by atoms with van der Waals surface area (Å²) in [5.74, 6) is 0.0551. The lowest BCUT2D eigenvalue weighted by Crippen LogP contribution is -2.36. The molecule has 0 aliphatic heterocycles. The Morgan fingerprint density at radius 3 is 2.59 bits per heavy atom. The van der Waals surface area contributed by atoms with Crippen molar-refractivity contribution >= 4 is 11.6 Å². The van der Waals surface area contributed by atoms with Gasteiger partial charge in [0, 0.05) is 17.8 Å². The van der Waals surface area contributed by atoms with Crippen LogP contribution >= 0.6 is 0 Å². The molecule has 0 aliphatic carbocycles. The van der Waals surface area contributed by atoms with Crippen molar-refractivity contribution in [2.45, 2.75) is 20.5 Å². The molecule has 0 aliphatic rings. The first-order valence-corrected chi connectivity index (χ1v) is 5.76. The lowest BCUT2D eigenvalue weighted by molar-refractivity contribution is -0.116. The van der Waals surface area contributed by atoms with E-state index in [0.29, 0.717) is 5.92 Å². The minimum Gasteiger partial charge on any atom is -0.392 e. The van der Waals surface area contributed by atoms with Gasteiger partial charge in [-0.1, -0.05) is 32.0 Å². The van der Waals surface area contributed by atoms with Crippen LogP contribution in [0.15, 0.2) is 24.3 Å². The van der Waals surface area contributed by atoms with E-state index in [0.717, 1.165) is 17.8 Å². The van der Waals surface area contributed by atoms with Gasteiger partial charge in [0.1, 0.15) is 0 Å². The number of anilines is 1. The number of nitrogens with two attached hydrogens (primary N) is 1. The van der Waals surface area contributed by atoms with Crippen LogP contribution in [0.5, 0.6) is 0 Å². The summed E-state index contributed by atoms with van der Waals surface area (Å²) in [4.78, 5) is 13.0. The first-order valence-electron chi connectivity index (χ1n) is 5.76. The van der Waals surface area contributed by atoms with E-state index in [1.54, 1.807) is 0 Å². The van der Waals surface area contributed by atoms with Gasteiger partial charge in [0.15, 0.2) is 0 Å². The van der Waals surface area contributed by atoms with E-state index < -0.39 is 0 Å². The Balaban J connectivity index is 2.98. The summed E-state index contributed by atoms with van der Waals surface area (Å²) in [7, 11) is 0.